The van der Waals surface area contributed by atoms with Crippen LogP contribution in [-0.2, 0) is 0 Å². The number of nitro benzene ring substituents is 1. The molecule has 0 N–H and O–H groups in total. The summed E-state index contributed by atoms with van der Waals surface area (Å²) in [6.45, 7) is 2.44. The van der Waals surface area contributed by atoms with E-state index in [4.69, 9.17) is 4.52 Å². The van der Waals surface area contributed by atoms with Gasteiger partial charge in [0.05, 0.1) is 10.8 Å². The molecule has 3 aromatic rings. The average molecular weight is 365 g/mol. The smallest absolute Gasteiger partial charge is 0.273 e. The first-order valence-electron chi connectivity index (χ1n) is 8.32. The third-order valence-corrected chi connectivity index (χ3v) is 4.61. The molecule has 1 fully saturated rings. The zero-order valence-corrected chi connectivity index (χ0v) is 14.4. The van der Waals surface area contributed by atoms with Gasteiger partial charge >= 0.3 is 0 Å². The second kappa shape index (κ2) is 6.60. The van der Waals surface area contributed by atoms with E-state index in [-0.39, 0.29) is 17.5 Å². The number of likely N-dealkylation sites (tertiary alicyclic amines) is 1. The van der Waals surface area contributed by atoms with Gasteiger partial charge in [-0.2, -0.15) is 4.98 Å². The molecule has 0 bridgehead atoms. The standard InChI is InChI=1S/C18H15N5O4/c1-11-14(5-2-6-15(11)23(25)26)18(24)22-9-13(10-22)17-20-16(21-27-17)12-4-3-7-19-8-12/h2-8,13H,9-10H2,1H3. The maximum absolute atomic E-state index is 12.7. The molecular weight excluding hydrogens is 350 g/mol. The fourth-order valence-electron chi connectivity index (χ4n) is 3.04. The summed E-state index contributed by atoms with van der Waals surface area (Å²) in [6.07, 6.45) is 3.31. The van der Waals surface area contributed by atoms with Crippen LogP contribution in [0.5, 0.6) is 0 Å². The van der Waals surface area contributed by atoms with Gasteiger partial charge in [-0.3, -0.25) is 19.9 Å². The summed E-state index contributed by atoms with van der Waals surface area (Å²) in [7, 11) is 0. The Bertz CT molecular complexity index is 1010. The van der Waals surface area contributed by atoms with E-state index < -0.39 is 4.92 Å². The van der Waals surface area contributed by atoms with Crippen LogP contribution >= 0.6 is 0 Å². The Morgan fingerprint density at radius 2 is 2.11 bits per heavy atom. The number of nitrogens with zero attached hydrogens (tertiary/aromatic N) is 5. The lowest BCUT2D eigenvalue weighted by molar-refractivity contribution is -0.385. The fraction of sp³-hybridized carbons (Fsp3) is 0.222. The molecular formula is C18H15N5O4. The fourth-order valence-corrected chi connectivity index (χ4v) is 3.04. The number of amides is 1. The second-order valence-corrected chi connectivity index (χ2v) is 6.31. The van der Waals surface area contributed by atoms with E-state index >= 15 is 0 Å². The highest BCUT2D eigenvalue weighted by molar-refractivity contribution is 5.97. The molecule has 3 heterocycles. The van der Waals surface area contributed by atoms with Crippen LogP contribution in [0.25, 0.3) is 11.4 Å². The van der Waals surface area contributed by atoms with Crippen LogP contribution < -0.4 is 0 Å². The van der Waals surface area contributed by atoms with Gasteiger partial charge in [-0.25, -0.2) is 0 Å². The summed E-state index contributed by atoms with van der Waals surface area (Å²) in [6, 6.07) is 8.14. The highest BCUT2D eigenvalue weighted by Crippen LogP contribution is 2.30. The van der Waals surface area contributed by atoms with Crippen LogP contribution in [0.3, 0.4) is 0 Å². The van der Waals surface area contributed by atoms with Crippen molar-refractivity contribution in [2.75, 3.05) is 13.1 Å². The number of aromatic nitrogens is 3. The molecule has 9 heteroatoms. The minimum atomic E-state index is -0.483. The van der Waals surface area contributed by atoms with Crippen molar-refractivity contribution in [3.05, 3.63) is 69.9 Å². The summed E-state index contributed by atoms with van der Waals surface area (Å²) in [4.78, 5) is 33.2. The molecule has 0 saturated carbocycles. The SMILES string of the molecule is Cc1c(C(=O)N2CC(c3nc(-c4cccnc4)no3)C2)cccc1[N+](=O)[O-]. The van der Waals surface area contributed by atoms with Gasteiger partial charge in [-0.05, 0) is 25.1 Å². The number of benzene rings is 1. The molecule has 0 radical (unpaired) electrons. The van der Waals surface area contributed by atoms with Gasteiger partial charge in [0.2, 0.25) is 11.7 Å². The van der Waals surface area contributed by atoms with Crippen molar-refractivity contribution >= 4 is 11.6 Å². The number of pyridine rings is 1. The molecule has 1 aliphatic rings. The van der Waals surface area contributed by atoms with Crippen molar-refractivity contribution in [3.8, 4) is 11.4 Å². The van der Waals surface area contributed by atoms with Crippen LogP contribution in [0.2, 0.25) is 0 Å². The average Bonchev–Trinajstić information content (AvgIpc) is 3.10. The number of nitro groups is 1. The minimum Gasteiger partial charge on any atom is -0.339 e. The molecule has 0 unspecified atom stereocenters. The van der Waals surface area contributed by atoms with Gasteiger partial charge in [0.25, 0.3) is 11.6 Å². The molecule has 4 rings (SSSR count). The lowest BCUT2D eigenvalue weighted by Crippen LogP contribution is -2.48. The van der Waals surface area contributed by atoms with Crippen molar-refractivity contribution in [1.29, 1.82) is 0 Å². The predicted octanol–water partition coefficient (Wildman–Crippen LogP) is 2.59. The minimum absolute atomic E-state index is 0.0501. The van der Waals surface area contributed by atoms with E-state index in [1.165, 1.54) is 12.1 Å². The lowest BCUT2D eigenvalue weighted by atomic mass is 9.97. The van der Waals surface area contributed by atoms with Gasteiger partial charge in [-0.1, -0.05) is 11.2 Å². The van der Waals surface area contributed by atoms with Crippen molar-refractivity contribution in [3.63, 3.8) is 0 Å². The molecule has 1 amide bonds. The summed E-state index contributed by atoms with van der Waals surface area (Å²) >= 11 is 0. The van der Waals surface area contributed by atoms with Gasteiger partial charge in [0.15, 0.2) is 0 Å². The maximum Gasteiger partial charge on any atom is 0.273 e. The first kappa shape index (κ1) is 16.8. The Balaban J connectivity index is 1.46. The molecule has 1 aromatic carbocycles. The molecule has 0 aliphatic carbocycles. The quantitative estimate of drug-likeness (QED) is 0.515. The molecule has 27 heavy (non-hydrogen) atoms. The topological polar surface area (TPSA) is 115 Å². The monoisotopic (exact) mass is 365 g/mol. The Hall–Kier alpha value is -3.62. The lowest BCUT2D eigenvalue weighted by Gasteiger charge is -2.37. The Morgan fingerprint density at radius 3 is 2.81 bits per heavy atom. The van der Waals surface area contributed by atoms with Crippen LogP contribution in [0.1, 0.15) is 27.7 Å². The molecule has 9 nitrogen and oxygen atoms in total. The van der Waals surface area contributed by atoms with Crippen LogP contribution in [-0.4, -0.2) is 43.9 Å². The van der Waals surface area contributed by atoms with E-state index in [1.807, 2.05) is 6.07 Å². The molecule has 136 valence electrons. The number of hydrogen-bond donors (Lipinski definition) is 0. The third kappa shape index (κ3) is 3.03. The molecule has 1 saturated heterocycles. The van der Waals surface area contributed by atoms with Gasteiger partial charge < -0.3 is 9.42 Å². The summed E-state index contributed by atoms with van der Waals surface area (Å²) in [5, 5.41) is 15.0. The van der Waals surface area contributed by atoms with Crippen LogP contribution in [0.15, 0.2) is 47.2 Å². The molecule has 0 spiro atoms. The van der Waals surface area contributed by atoms with E-state index in [2.05, 4.69) is 15.1 Å². The van der Waals surface area contributed by atoms with E-state index in [9.17, 15) is 14.9 Å². The number of rotatable bonds is 4. The van der Waals surface area contributed by atoms with Gasteiger partial charge in [0, 0.05) is 48.2 Å². The van der Waals surface area contributed by atoms with E-state index in [1.54, 1.807) is 36.4 Å². The highest BCUT2D eigenvalue weighted by atomic mass is 16.6. The molecule has 2 aromatic heterocycles. The zero-order chi connectivity index (χ0) is 19.0. The van der Waals surface area contributed by atoms with E-state index in [0.717, 1.165) is 5.56 Å². The first-order valence-corrected chi connectivity index (χ1v) is 8.32. The van der Waals surface area contributed by atoms with E-state index in [0.29, 0.717) is 35.9 Å². The van der Waals surface area contributed by atoms with Crippen molar-refractivity contribution in [2.45, 2.75) is 12.8 Å². The number of carbonyl (C=O) groups excluding carboxylic acids is 1. The highest BCUT2D eigenvalue weighted by Gasteiger charge is 2.37. The third-order valence-electron chi connectivity index (χ3n) is 4.61. The summed E-state index contributed by atoms with van der Waals surface area (Å²) in [5.74, 6) is 0.636. The van der Waals surface area contributed by atoms with Crippen molar-refractivity contribution < 1.29 is 14.2 Å². The largest absolute Gasteiger partial charge is 0.339 e. The predicted molar refractivity (Wildman–Crippen MR) is 94.0 cm³/mol. The second-order valence-electron chi connectivity index (χ2n) is 6.31. The maximum atomic E-state index is 12.7. The van der Waals surface area contributed by atoms with Crippen molar-refractivity contribution in [2.24, 2.45) is 0 Å². The van der Waals surface area contributed by atoms with Gasteiger partial charge in [-0.15, -0.1) is 0 Å². The van der Waals surface area contributed by atoms with Crippen LogP contribution in [0.4, 0.5) is 5.69 Å². The Labute approximate surface area is 153 Å². The number of hydrogen-bond acceptors (Lipinski definition) is 7. The van der Waals surface area contributed by atoms with Crippen LogP contribution in [0, 0.1) is 17.0 Å². The normalized spacial score (nSPS) is 14.0. The summed E-state index contributed by atoms with van der Waals surface area (Å²) in [5.41, 5.74) is 1.40. The zero-order valence-electron chi connectivity index (χ0n) is 14.4. The summed E-state index contributed by atoms with van der Waals surface area (Å²) < 4.78 is 5.31. The number of carbonyl (C=O) groups is 1. The molecule has 1 aliphatic heterocycles. The van der Waals surface area contributed by atoms with Gasteiger partial charge in [0.1, 0.15) is 0 Å². The van der Waals surface area contributed by atoms with Crippen molar-refractivity contribution in [1.82, 2.24) is 20.0 Å². The molecule has 0 atom stereocenters. The Kier molecular flexibility index (Phi) is 4.11. The first-order chi connectivity index (χ1) is 13.0. The Morgan fingerprint density at radius 1 is 1.30 bits per heavy atom.